The SMILES string of the molecule is O=C1COC(COc2nc3ccccc3nc2NS(=O)(=O)c2ccccc2Cl)CN1. The van der Waals surface area contributed by atoms with E-state index >= 15 is 0 Å². The fraction of sp³-hybridized carbons (Fsp3) is 0.211. The molecule has 1 amide bonds. The normalized spacial score (nSPS) is 16.8. The van der Waals surface area contributed by atoms with E-state index < -0.39 is 16.1 Å². The summed E-state index contributed by atoms with van der Waals surface area (Å²) in [5.74, 6) is -0.289. The van der Waals surface area contributed by atoms with Crippen LogP contribution in [0.15, 0.2) is 53.4 Å². The number of carbonyl (C=O) groups is 1. The van der Waals surface area contributed by atoms with Crippen LogP contribution in [0.1, 0.15) is 0 Å². The van der Waals surface area contributed by atoms with E-state index in [0.717, 1.165) is 0 Å². The van der Waals surface area contributed by atoms with E-state index in [1.165, 1.54) is 12.1 Å². The van der Waals surface area contributed by atoms with Crippen molar-refractivity contribution in [3.05, 3.63) is 53.6 Å². The van der Waals surface area contributed by atoms with Crippen molar-refractivity contribution in [2.75, 3.05) is 24.5 Å². The van der Waals surface area contributed by atoms with E-state index in [1.807, 2.05) is 0 Å². The number of rotatable bonds is 6. The molecule has 0 bridgehead atoms. The summed E-state index contributed by atoms with van der Waals surface area (Å²) in [5.41, 5.74) is 1.02. The number of nitrogens with zero attached hydrogens (tertiary/aromatic N) is 2. The molecule has 1 aliphatic rings. The largest absolute Gasteiger partial charge is 0.472 e. The van der Waals surface area contributed by atoms with Gasteiger partial charge in [-0.3, -0.25) is 9.52 Å². The molecular weight excluding hydrogens is 432 g/mol. The first-order chi connectivity index (χ1) is 14.4. The number of carbonyl (C=O) groups excluding carboxylic acids is 1. The highest BCUT2D eigenvalue weighted by molar-refractivity contribution is 7.92. The Morgan fingerprint density at radius 3 is 2.53 bits per heavy atom. The highest BCUT2D eigenvalue weighted by Crippen LogP contribution is 2.28. The van der Waals surface area contributed by atoms with Crippen molar-refractivity contribution in [3.8, 4) is 5.88 Å². The van der Waals surface area contributed by atoms with Crippen molar-refractivity contribution >= 4 is 44.4 Å². The zero-order valence-corrected chi connectivity index (χ0v) is 17.1. The van der Waals surface area contributed by atoms with E-state index in [4.69, 9.17) is 21.1 Å². The molecule has 1 unspecified atom stereocenters. The molecule has 1 atom stereocenters. The molecule has 2 aromatic carbocycles. The van der Waals surface area contributed by atoms with Gasteiger partial charge in [-0.05, 0) is 24.3 Å². The Bertz CT molecular complexity index is 1190. The average molecular weight is 449 g/mol. The van der Waals surface area contributed by atoms with Gasteiger partial charge >= 0.3 is 0 Å². The Hall–Kier alpha value is -2.95. The van der Waals surface area contributed by atoms with Crippen LogP contribution in [0.3, 0.4) is 0 Å². The standard InChI is InChI=1S/C19H17ClN4O5S/c20-13-5-1-4-8-16(13)30(26,27)24-18-19(23-15-7-3-2-6-14(15)22-18)29-10-12-9-21-17(25)11-28-12/h1-8,12H,9-11H2,(H,21,25)(H,22,24). The van der Waals surface area contributed by atoms with E-state index in [9.17, 15) is 13.2 Å². The summed E-state index contributed by atoms with van der Waals surface area (Å²) in [5, 5.41) is 2.75. The first kappa shape index (κ1) is 20.3. The monoisotopic (exact) mass is 448 g/mol. The number of hydrogen-bond acceptors (Lipinski definition) is 7. The van der Waals surface area contributed by atoms with Crippen LogP contribution in [0.25, 0.3) is 11.0 Å². The summed E-state index contributed by atoms with van der Waals surface area (Å²) in [6, 6.07) is 13.1. The molecule has 4 rings (SSSR count). The summed E-state index contributed by atoms with van der Waals surface area (Å²) in [6.07, 6.45) is -0.399. The van der Waals surface area contributed by atoms with Gasteiger partial charge in [0.15, 0.2) is 0 Å². The van der Waals surface area contributed by atoms with Crippen LogP contribution in [0.5, 0.6) is 5.88 Å². The van der Waals surface area contributed by atoms with Gasteiger partial charge in [0, 0.05) is 6.54 Å². The van der Waals surface area contributed by atoms with Crippen LogP contribution >= 0.6 is 11.6 Å². The molecule has 1 saturated heterocycles. The van der Waals surface area contributed by atoms with Gasteiger partial charge in [0.1, 0.15) is 24.2 Å². The van der Waals surface area contributed by atoms with Gasteiger partial charge in [0.05, 0.1) is 16.1 Å². The molecule has 0 aliphatic carbocycles. The number of fused-ring (bicyclic) bond motifs is 1. The average Bonchev–Trinajstić information content (AvgIpc) is 2.73. The van der Waals surface area contributed by atoms with Crippen LogP contribution in [0.4, 0.5) is 5.82 Å². The number of hydrogen-bond donors (Lipinski definition) is 2. The van der Waals surface area contributed by atoms with E-state index in [-0.39, 0.29) is 47.3 Å². The third kappa shape index (κ3) is 4.45. The number of sulfonamides is 1. The minimum absolute atomic E-state index is 0.00942. The fourth-order valence-electron chi connectivity index (χ4n) is 2.81. The third-order valence-electron chi connectivity index (χ3n) is 4.28. The van der Waals surface area contributed by atoms with Gasteiger partial charge in [-0.25, -0.2) is 18.4 Å². The molecular formula is C19H17ClN4O5S. The molecule has 1 aliphatic heterocycles. The zero-order chi connectivity index (χ0) is 21.1. The van der Waals surface area contributed by atoms with Crippen molar-refractivity contribution in [2.45, 2.75) is 11.0 Å². The molecule has 1 aromatic heterocycles. The summed E-state index contributed by atoms with van der Waals surface area (Å²) < 4.78 is 39.2. The summed E-state index contributed by atoms with van der Waals surface area (Å²) in [4.78, 5) is 19.9. The van der Waals surface area contributed by atoms with Crippen molar-refractivity contribution in [3.63, 3.8) is 0 Å². The topological polar surface area (TPSA) is 120 Å². The van der Waals surface area contributed by atoms with Crippen LogP contribution in [0.2, 0.25) is 5.02 Å². The Labute approximate surface area is 177 Å². The number of amides is 1. The fourth-order valence-corrected chi connectivity index (χ4v) is 4.33. The third-order valence-corrected chi connectivity index (χ3v) is 6.12. The lowest BCUT2D eigenvalue weighted by Crippen LogP contribution is -2.45. The van der Waals surface area contributed by atoms with Gasteiger partial charge < -0.3 is 14.8 Å². The second-order valence-electron chi connectivity index (χ2n) is 6.45. The summed E-state index contributed by atoms with van der Waals surface area (Å²) in [6.45, 7) is 0.262. The Morgan fingerprint density at radius 2 is 1.83 bits per heavy atom. The Kier molecular flexibility index (Phi) is 5.71. The van der Waals surface area contributed by atoms with Gasteiger partial charge in [-0.2, -0.15) is 0 Å². The number of nitrogens with one attached hydrogen (secondary N) is 2. The lowest BCUT2D eigenvalue weighted by molar-refractivity contribution is -0.134. The van der Waals surface area contributed by atoms with Crippen LogP contribution in [-0.2, 0) is 19.6 Å². The Morgan fingerprint density at radius 1 is 1.13 bits per heavy atom. The molecule has 1 fully saturated rings. The van der Waals surface area contributed by atoms with Gasteiger partial charge in [0.25, 0.3) is 15.9 Å². The van der Waals surface area contributed by atoms with E-state index in [1.54, 1.807) is 36.4 Å². The molecule has 2 heterocycles. The molecule has 3 aromatic rings. The molecule has 0 radical (unpaired) electrons. The quantitative estimate of drug-likeness (QED) is 0.591. The van der Waals surface area contributed by atoms with Gasteiger partial charge in [0.2, 0.25) is 11.7 Å². The number of aromatic nitrogens is 2. The highest BCUT2D eigenvalue weighted by atomic mass is 35.5. The second-order valence-corrected chi connectivity index (χ2v) is 8.51. The molecule has 11 heteroatoms. The first-order valence-electron chi connectivity index (χ1n) is 8.97. The molecule has 0 spiro atoms. The van der Waals surface area contributed by atoms with E-state index in [0.29, 0.717) is 11.0 Å². The van der Waals surface area contributed by atoms with Crippen molar-refractivity contribution in [1.82, 2.24) is 15.3 Å². The Balaban J connectivity index is 1.64. The predicted molar refractivity (Wildman–Crippen MR) is 110 cm³/mol. The maximum atomic E-state index is 12.9. The molecule has 0 saturated carbocycles. The van der Waals surface area contributed by atoms with Gasteiger partial charge in [-0.15, -0.1) is 0 Å². The maximum Gasteiger partial charge on any atom is 0.264 e. The second kappa shape index (κ2) is 8.42. The van der Waals surface area contributed by atoms with Crippen LogP contribution in [-0.4, -0.2) is 50.2 Å². The molecule has 2 N–H and O–H groups in total. The summed E-state index contributed by atoms with van der Waals surface area (Å²) >= 11 is 6.05. The minimum Gasteiger partial charge on any atom is -0.472 e. The number of morpholine rings is 1. The minimum atomic E-state index is -4.04. The summed E-state index contributed by atoms with van der Waals surface area (Å²) in [7, 11) is -4.04. The zero-order valence-electron chi connectivity index (χ0n) is 15.5. The molecule has 30 heavy (non-hydrogen) atoms. The van der Waals surface area contributed by atoms with Crippen LogP contribution < -0.4 is 14.8 Å². The maximum absolute atomic E-state index is 12.9. The lowest BCUT2D eigenvalue weighted by atomic mass is 10.3. The predicted octanol–water partition coefficient (Wildman–Crippen LogP) is 1.98. The number of para-hydroxylation sites is 2. The van der Waals surface area contributed by atoms with Gasteiger partial charge in [-0.1, -0.05) is 35.9 Å². The molecule has 156 valence electrons. The number of benzene rings is 2. The lowest BCUT2D eigenvalue weighted by Gasteiger charge is -2.23. The highest BCUT2D eigenvalue weighted by Gasteiger charge is 2.24. The van der Waals surface area contributed by atoms with Crippen molar-refractivity contribution in [1.29, 1.82) is 0 Å². The number of anilines is 1. The van der Waals surface area contributed by atoms with Crippen LogP contribution in [0, 0.1) is 0 Å². The van der Waals surface area contributed by atoms with E-state index in [2.05, 4.69) is 20.0 Å². The number of halogens is 1. The first-order valence-corrected chi connectivity index (χ1v) is 10.8. The van der Waals surface area contributed by atoms with Crippen molar-refractivity contribution in [2.24, 2.45) is 0 Å². The number of ether oxygens (including phenoxy) is 2. The molecule has 9 nitrogen and oxygen atoms in total. The smallest absolute Gasteiger partial charge is 0.264 e. The van der Waals surface area contributed by atoms with Crippen molar-refractivity contribution < 1.29 is 22.7 Å².